The molecule has 0 bridgehead atoms. The third-order valence-electron chi connectivity index (χ3n) is 4.18. The van der Waals surface area contributed by atoms with Crippen LogP contribution in [-0.4, -0.2) is 23.4 Å². The van der Waals surface area contributed by atoms with E-state index in [1.165, 1.54) is 44.2 Å². The molecular formula is C15H27N3. The smallest absolute Gasteiger partial charge is 0.0627 e. The van der Waals surface area contributed by atoms with Crippen LogP contribution in [0.15, 0.2) is 12.3 Å². The topological polar surface area (TPSA) is 29.9 Å². The third kappa shape index (κ3) is 3.58. The molecule has 0 amide bonds. The van der Waals surface area contributed by atoms with Gasteiger partial charge in [-0.1, -0.05) is 32.6 Å². The third-order valence-corrected chi connectivity index (χ3v) is 4.18. The number of hydrogen-bond donors (Lipinski definition) is 1. The highest BCUT2D eigenvalue weighted by Crippen LogP contribution is 2.27. The Morgan fingerprint density at radius 1 is 1.39 bits per heavy atom. The molecule has 18 heavy (non-hydrogen) atoms. The van der Waals surface area contributed by atoms with E-state index in [1.807, 2.05) is 7.05 Å². The Bertz CT molecular complexity index is 339. The first kappa shape index (κ1) is 13.6. The van der Waals surface area contributed by atoms with Crippen molar-refractivity contribution in [2.75, 3.05) is 13.6 Å². The van der Waals surface area contributed by atoms with E-state index in [-0.39, 0.29) is 0 Å². The molecule has 1 unspecified atom stereocenters. The fourth-order valence-corrected chi connectivity index (χ4v) is 2.98. The summed E-state index contributed by atoms with van der Waals surface area (Å²) in [5.74, 6) is 0.713. The Labute approximate surface area is 111 Å². The Kier molecular flexibility index (Phi) is 5.24. The van der Waals surface area contributed by atoms with Crippen molar-refractivity contribution in [1.82, 2.24) is 15.1 Å². The second kappa shape index (κ2) is 6.93. The van der Waals surface area contributed by atoms with Crippen LogP contribution in [0.1, 0.15) is 57.2 Å². The summed E-state index contributed by atoms with van der Waals surface area (Å²) < 4.78 is 2.22. The zero-order chi connectivity index (χ0) is 12.8. The normalized spacial score (nSPS) is 19.0. The predicted molar refractivity (Wildman–Crippen MR) is 75.8 cm³/mol. The maximum atomic E-state index is 4.79. The molecule has 1 heterocycles. The zero-order valence-corrected chi connectivity index (χ0v) is 11.9. The number of nitrogens with one attached hydrogen (secondary N) is 1. The van der Waals surface area contributed by atoms with Gasteiger partial charge in [-0.3, -0.25) is 4.68 Å². The van der Waals surface area contributed by atoms with Crippen LogP contribution in [-0.2, 0) is 6.42 Å². The highest BCUT2D eigenvalue weighted by Gasteiger charge is 2.16. The Morgan fingerprint density at radius 3 is 2.83 bits per heavy atom. The van der Waals surface area contributed by atoms with Gasteiger partial charge in [0.2, 0.25) is 0 Å². The van der Waals surface area contributed by atoms with Gasteiger partial charge in [-0.2, -0.15) is 5.10 Å². The van der Waals surface area contributed by atoms with Gasteiger partial charge in [0, 0.05) is 6.20 Å². The van der Waals surface area contributed by atoms with Gasteiger partial charge in [-0.05, 0) is 44.8 Å². The van der Waals surface area contributed by atoms with Crippen LogP contribution < -0.4 is 5.32 Å². The van der Waals surface area contributed by atoms with E-state index in [2.05, 4.69) is 29.2 Å². The lowest BCUT2D eigenvalue weighted by Gasteiger charge is -2.22. The average molecular weight is 249 g/mol. The van der Waals surface area contributed by atoms with E-state index in [0.717, 1.165) is 13.0 Å². The lowest BCUT2D eigenvalue weighted by molar-refractivity contribution is 0.327. The monoisotopic (exact) mass is 249 g/mol. The minimum absolute atomic E-state index is 0.664. The summed E-state index contributed by atoms with van der Waals surface area (Å²) in [4.78, 5) is 0. The fraction of sp³-hybridized carbons (Fsp3) is 0.800. The molecule has 1 aliphatic carbocycles. The quantitative estimate of drug-likeness (QED) is 0.839. The Hall–Kier alpha value is -0.830. The molecule has 0 saturated heterocycles. The summed E-state index contributed by atoms with van der Waals surface area (Å²) in [5, 5.41) is 8.07. The molecule has 0 aliphatic heterocycles. The predicted octanol–water partition coefficient (Wildman–Crippen LogP) is 3.18. The molecule has 0 spiro atoms. The van der Waals surface area contributed by atoms with Crippen LogP contribution in [0.2, 0.25) is 0 Å². The van der Waals surface area contributed by atoms with Crippen LogP contribution in [0, 0.1) is 5.92 Å². The maximum absolute atomic E-state index is 4.79. The number of nitrogens with zero attached hydrogens (tertiary/aromatic N) is 2. The molecule has 3 heteroatoms. The van der Waals surface area contributed by atoms with Gasteiger partial charge in [-0.25, -0.2) is 0 Å². The van der Waals surface area contributed by atoms with Crippen LogP contribution in [0.3, 0.4) is 0 Å². The van der Waals surface area contributed by atoms with Crippen molar-refractivity contribution in [3.05, 3.63) is 18.0 Å². The van der Waals surface area contributed by atoms with Crippen molar-refractivity contribution < 1.29 is 0 Å². The summed E-state index contributed by atoms with van der Waals surface area (Å²) in [7, 11) is 2.03. The summed E-state index contributed by atoms with van der Waals surface area (Å²) >= 11 is 0. The van der Waals surface area contributed by atoms with Crippen LogP contribution in [0.5, 0.6) is 0 Å². The van der Waals surface area contributed by atoms with Gasteiger partial charge in [0.05, 0.1) is 11.7 Å². The van der Waals surface area contributed by atoms with E-state index in [1.54, 1.807) is 0 Å². The van der Waals surface area contributed by atoms with Crippen molar-refractivity contribution >= 4 is 0 Å². The summed E-state index contributed by atoms with van der Waals surface area (Å²) in [6.45, 7) is 3.35. The van der Waals surface area contributed by atoms with Gasteiger partial charge in [0.25, 0.3) is 0 Å². The zero-order valence-electron chi connectivity index (χ0n) is 11.9. The van der Waals surface area contributed by atoms with Gasteiger partial charge in [0.1, 0.15) is 0 Å². The largest absolute Gasteiger partial charge is 0.319 e. The lowest BCUT2D eigenvalue weighted by Crippen LogP contribution is -2.20. The van der Waals surface area contributed by atoms with Crippen LogP contribution in [0.4, 0.5) is 0 Å². The lowest BCUT2D eigenvalue weighted by atomic mass is 9.96. The highest BCUT2D eigenvalue weighted by molar-refractivity contribution is 5.01. The Balaban J connectivity index is 1.92. The van der Waals surface area contributed by atoms with Crippen LogP contribution in [0.25, 0.3) is 0 Å². The van der Waals surface area contributed by atoms with E-state index < -0.39 is 0 Å². The molecule has 0 aromatic carbocycles. The van der Waals surface area contributed by atoms with Crippen molar-refractivity contribution in [1.29, 1.82) is 0 Å². The van der Waals surface area contributed by atoms with E-state index in [4.69, 9.17) is 5.10 Å². The molecule has 1 aliphatic rings. The molecule has 0 radical (unpaired) electrons. The second-order valence-electron chi connectivity index (χ2n) is 5.61. The summed E-state index contributed by atoms with van der Waals surface area (Å²) in [6.07, 6.45) is 11.3. The molecule has 2 rings (SSSR count). The molecule has 1 saturated carbocycles. The standard InChI is InChI=1S/C15H27N3/c1-3-13(12-16-2)11-14-9-10-18(17-14)15-7-5-4-6-8-15/h9-10,13,15-16H,3-8,11-12H2,1-2H3. The molecule has 1 N–H and O–H groups in total. The molecular weight excluding hydrogens is 222 g/mol. The second-order valence-corrected chi connectivity index (χ2v) is 5.61. The molecule has 1 atom stereocenters. The highest BCUT2D eigenvalue weighted by atomic mass is 15.3. The molecule has 102 valence electrons. The fourth-order valence-electron chi connectivity index (χ4n) is 2.98. The van der Waals surface area contributed by atoms with Gasteiger partial charge in [-0.15, -0.1) is 0 Å². The first-order chi connectivity index (χ1) is 8.83. The number of hydrogen-bond acceptors (Lipinski definition) is 2. The van der Waals surface area contributed by atoms with Crippen molar-refractivity contribution in [3.8, 4) is 0 Å². The minimum atomic E-state index is 0.664. The van der Waals surface area contributed by atoms with Gasteiger partial charge in [0.15, 0.2) is 0 Å². The first-order valence-electron chi connectivity index (χ1n) is 7.52. The van der Waals surface area contributed by atoms with Gasteiger partial charge < -0.3 is 5.32 Å². The molecule has 3 nitrogen and oxygen atoms in total. The molecule has 1 fully saturated rings. The number of aromatic nitrogens is 2. The van der Waals surface area contributed by atoms with E-state index >= 15 is 0 Å². The maximum Gasteiger partial charge on any atom is 0.0627 e. The molecule has 1 aromatic heterocycles. The minimum Gasteiger partial charge on any atom is -0.319 e. The summed E-state index contributed by atoms with van der Waals surface area (Å²) in [6, 6.07) is 2.88. The number of rotatable bonds is 6. The van der Waals surface area contributed by atoms with Crippen LogP contribution >= 0.6 is 0 Å². The van der Waals surface area contributed by atoms with Crippen molar-refractivity contribution in [2.24, 2.45) is 5.92 Å². The van der Waals surface area contributed by atoms with Crippen molar-refractivity contribution in [2.45, 2.75) is 57.9 Å². The van der Waals surface area contributed by atoms with Gasteiger partial charge >= 0.3 is 0 Å². The summed E-state index contributed by atoms with van der Waals surface area (Å²) in [5.41, 5.74) is 1.27. The van der Waals surface area contributed by atoms with Crippen molar-refractivity contribution in [3.63, 3.8) is 0 Å². The SMILES string of the molecule is CCC(CNC)Cc1ccn(C2CCCCC2)n1. The average Bonchev–Trinajstić information content (AvgIpc) is 2.88. The van der Waals surface area contributed by atoms with E-state index in [9.17, 15) is 0 Å². The van der Waals surface area contributed by atoms with E-state index in [0.29, 0.717) is 12.0 Å². The first-order valence-corrected chi connectivity index (χ1v) is 7.52. The molecule has 1 aromatic rings. The Morgan fingerprint density at radius 2 is 2.17 bits per heavy atom.